The molecule has 8 nitrogen and oxygen atoms in total. The van der Waals surface area contributed by atoms with Gasteiger partial charge in [0.15, 0.2) is 24.0 Å². The van der Waals surface area contributed by atoms with Crippen molar-refractivity contribution in [1.82, 2.24) is 4.98 Å². The number of benzene rings is 1. The van der Waals surface area contributed by atoms with Gasteiger partial charge in [0.05, 0.1) is 27.0 Å². The summed E-state index contributed by atoms with van der Waals surface area (Å²) in [6, 6.07) is 4.18. The molecule has 0 unspecified atom stereocenters. The second-order valence-electron chi connectivity index (χ2n) is 5.72. The number of halogens is 3. The van der Waals surface area contributed by atoms with E-state index in [1.54, 1.807) is 0 Å². The lowest BCUT2D eigenvalue weighted by Gasteiger charge is -2.13. The molecule has 0 N–H and O–H groups in total. The number of nitrogens with zero attached hydrogens (tertiary/aromatic N) is 1. The minimum Gasteiger partial charge on any atom is -0.493 e. The molecule has 1 aromatic heterocycles. The Bertz CT molecular complexity index is 847. The van der Waals surface area contributed by atoms with Crippen molar-refractivity contribution in [2.24, 2.45) is 5.92 Å². The number of carbonyl (C=O) groups excluding carboxylic acids is 2. The molecular formula is C18H18F3NO7. The van der Waals surface area contributed by atoms with Gasteiger partial charge in [0.25, 0.3) is 0 Å². The van der Waals surface area contributed by atoms with E-state index in [2.05, 4.69) is 14.5 Å². The van der Waals surface area contributed by atoms with E-state index < -0.39 is 30.6 Å². The highest BCUT2D eigenvalue weighted by atomic mass is 19.4. The van der Waals surface area contributed by atoms with E-state index >= 15 is 0 Å². The Morgan fingerprint density at radius 1 is 1.10 bits per heavy atom. The smallest absolute Gasteiger partial charge is 0.422 e. The van der Waals surface area contributed by atoms with E-state index in [9.17, 15) is 22.8 Å². The molecule has 0 aliphatic heterocycles. The molecule has 2 rings (SSSR count). The molecule has 0 aliphatic carbocycles. The summed E-state index contributed by atoms with van der Waals surface area (Å²) in [5.74, 6) is -2.83. The number of esters is 2. The van der Waals surface area contributed by atoms with Crippen molar-refractivity contribution in [3.05, 3.63) is 30.2 Å². The summed E-state index contributed by atoms with van der Waals surface area (Å²) in [5.41, 5.74) is 0.552. The monoisotopic (exact) mass is 417 g/mol. The molecule has 2 aromatic rings. The summed E-state index contributed by atoms with van der Waals surface area (Å²) in [6.45, 7) is -1.50. The van der Waals surface area contributed by atoms with Crippen molar-refractivity contribution in [1.29, 1.82) is 0 Å². The van der Waals surface area contributed by atoms with Gasteiger partial charge >= 0.3 is 18.1 Å². The number of ether oxygens (including phenoxy) is 4. The fraction of sp³-hybridized carbons (Fsp3) is 0.389. The number of rotatable bonds is 8. The maximum Gasteiger partial charge on any atom is 0.422 e. The first-order chi connectivity index (χ1) is 13.7. The third-order valence-electron chi connectivity index (χ3n) is 3.74. The average Bonchev–Trinajstić information content (AvgIpc) is 3.17. The highest BCUT2D eigenvalue weighted by Crippen LogP contribution is 2.33. The molecule has 158 valence electrons. The fourth-order valence-electron chi connectivity index (χ4n) is 2.37. The average molecular weight is 417 g/mol. The van der Waals surface area contributed by atoms with Gasteiger partial charge in [-0.15, -0.1) is 0 Å². The standard InChI is InChI=1S/C18H18F3NO7/c1-25-13-5-4-10(6-14(13)29-9-18(19,20)21)15-22-11(8-28-15)7-12(16(23)26-2)17(24)27-3/h4-6,8,12H,7,9H2,1-3H3. The zero-order valence-electron chi connectivity index (χ0n) is 15.7. The van der Waals surface area contributed by atoms with Crippen LogP contribution in [0.5, 0.6) is 11.5 Å². The first-order valence-electron chi connectivity index (χ1n) is 8.16. The maximum atomic E-state index is 12.4. The van der Waals surface area contributed by atoms with Crippen molar-refractivity contribution in [3.63, 3.8) is 0 Å². The number of methoxy groups -OCH3 is 3. The second-order valence-corrected chi connectivity index (χ2v) is 5.72. The van der Waals surface area contributed by atoms with Crippen LogP contribution in [0.4, 0.5) is 13.2 Å². The summed E-state index contributed by atoms with van der Waals surface area (Å²) in [7, 11) is 3.55. The van der Waals surface area contributed by atoms with E-state index in [0.29, 0.717) is 5.56 Å². The highest BCUT2D eigenvalue weighted by molar-refractivity contribution is 5.95. The molecule has 0 saturated heterocycles. The normalized spacial score (nSPS) is 11.3. The van der Waals surface area contributed by atoms with Crippen molar-refractivity contribution in [2.75, 3.05) is 27.9 Å². The van der Waals surface area contributed by atoms with Crippen LogP contribution in [-0.4, -0.2) is 51.0 Å². The minimum atomic E-state index is -4.52. The van der Waals surface area contributed by atoms with Gasteiger partial charge in [-0.2, -0.15) is 13.2 Å². The highest BCUT2D eigenvalue weighted by Gasteiger charge is 2.31. The van der Waals surface area contributed by atoms with Crippen LogP contribution in [0.3, 0.4) is 0 Å². The lowest BCUT2D eigenvalue weighted by Crippen LogP contribution is -2.28. The Morgan fingerprint density at radius 2 is 1.76 bits per heavy atom. The molecular weight excluding hydrogens is 399 g/mol. The minimum absolute atomic E-state index is 0.0491. The van der Waals surface area contributed by atoms with E-state index in [0.717, 1.165) is 14.2 Å². The van der Waals surface area contributed by atoms with E-state index in [4.69, 9.17) is 13.9 Å². The SMILES string of the molecule is COC(=O)C(Cc1coc(-c2ccc(OC)c(OCC(F)(F)F)c2)n1)C(=O)OC. The number of alkyl halides is 3. The lowest BCUT2D eigenvalue weighted by molar-refractivity contribution is -0.158. The Labute approximate surface area is 163 Å². The van der Waals surface area contributed by atoms with Gasteiger partial charge in [-0.25, -0.2) is 4.98 Å². The molecule has 1 aromatic carbocycles. The molecule has 0 atom stereocenters. The molecule has 29 heavy (non-hydrogen) atoms. The summed E-state index contributed by atoms with van der Waals surface area (Å²) >= 11 is 0. The molecule has 0 amide bonds. The van der Waals surface area contributed by atoms with E-state index in [-0.39, 0.29) is 29.5 Å². The van der Waals surface area contributed by atoms with Crippen LogP contribution in [0.25, 0.3) is 11.5 Å². The molecule has 0 saturated carbocycles. The van der Waals surface area contributed by atoms with Crippen LogP contribution in [0.15, 0.2) is 28.9 Å². The molecule has 0 fully saturated rings. The first-order valence-corrected chi connectivity index (χ1v) is 8.16. The first kappa shape index (κ1) is 22.1. The molecule has 11 heteroatoms. The van der Waals surface area contributed by atoms with Gasteiger partial charge in [0, 0.05) is 12.0 Å². The number of aromatic nitrogens is 1. The van der Waals surface area contributed by atoms with Crippen LogP contribution in [0.2, 0.25) is 0 Å². The van der Waals surface area contributed by atoms with Crippen LogP contribution >= 0.6 is 0 Å². The van der Waals surface area contributed by atoms with Crippen LogP contribution < -0.4 is 9.47 Å². The van der Waals surface area contributed by atoms with Crippen molar-refractivity contribution < 1.29 is 46.1 Å². The molecule has 1 heterocycles. The van der Waals surface area contributed by atoms with E-state index in [1.807, 2.05) is 0 Å². The third-order valence-corrected chi connectivity index (χ3v) is 3.74. The fourth-order valence-corrected chi connectivity index (χ4v) is 2.37. The predicted octanol–water partition coefficient (Wildman–Crippen LogP) is 2.80. The van der Waals surface area contributed by atoms with Gasteiger partial charge < -0.3 is 23.4 Å². The molecule has 0 radical (unpaired) electrons. The number of carbonyl (C=O) groups is 2. The Kier molecular flexibility index (Phi) is 7.08. The lowest BCUT2D eigenvalue weighted by atomic mass is 10.0. The van der Waals surface area contributed by atoms with Crippen molar-refractivity contribution in [3.8, 4) is 23.0 Å². The summed E-state index contributed by atoms with van der Waals surface area (Å²) in [4.78, 5) is 27.7. The number of hydrogen-bond donors (Lipinski definition) is 0. The number of oxazole rings is 1. The van der Waals surface area contributed by atoms with Crippen LogP contribution in [-0.2, 0) is 25.5 Å². The van der Waals surface area contributed by atoms with Crippen LogP contribution in [0.1, 0.15) is 5.69 Å². The quantitative estimate of drug-likeness (QED) is 0.478. The van der Waals surface area contributed by atoms with Gasteiger partial charge in [0.1, 0.15) is 6.26 Å². The maximum absolute atomic E-state index is 12.4. The van der Waals surface area contributed by atoms with Gasteiger partial charge in [-0.1, -0.05) is 0 Å². The molecule has 0 spiro atoms. The number of hydrogen-bond acceptors (Lipinski definition) is 8. The molecule has 0 bridgehead atoms. The summed E-state index contributed by atoms with van der Waals surface area (Å²) in [6.07, 6.45) is -3.45. The Morgan fingerprint density at radius 3 is 2.31 bits per heavy atom. The topological polar surface area (TPSA) is 97.1 Å². The second kappa shape index (κ2) is 9.30. The molecule has 0 aliphatic rings. The zero-order chi connectivity index (χ0) is 21.6. The Balaban J connectivity index is 2.24. The largest absolute Gasteiger partial charge is 0.493 e. The summed E-state index contributed by atoms with van der Waals surface area (Å²) < 4.78 is 61.6. The third kappa shape index (κ3) is 5.87. The van der Waals surface area contributed by atoms with Crippen molar-refractivity contribution >= 4 is 11.9 Å². The van der Waals surface area contributed by atoms with Gasteiger partial charge in [0.2, 0.25) is 5.89 Å². The zero-order valence-corrected chi connectivity index (χ0v) is 15.7. The van der Waals surface area contributed by atoms with Crippen LogP contribution in [0, 0.1) is 5.92 Å². The van der Waals surface area contributed by atoms with Crippen molar-refractivity contribution in [2.45, 2.75) is 12.6 Å². The van der Waals surface area contributed by atoms with Gasteiger partial charge in [-0.3, -0.25) is 9.59 Å². The predicted molar refractivity (Wildman–Crippen MR) is 91.3 cm³/mol. The Hall–Kier alpha value is -3.24. The van der Waals surface area contributed by atoms with E-state index in [1.165, 1.54) is 31.6 Å². The van der Waals surface area contributed by atoms with Gasteiger partial charge in [-0.05, 0) is 18.2 Å². The summed E-state index contributed by atoms with van der Waals surface area (Å²) in [5, 5.41) is 0.